The second-order valence-corrected chi connectivity index (χ2v) is 6.43. The van der Waals surface area contributed by atoms with Crippen molar-refractivity contribution in [3.05, 3.63) is 0 Å². The molecule has 0 spiro atoms. The molecule has 0 aliphatic rings. The van der Waals surface area contributed by atoms with Crippen molar-refractivity contribution in [1.82, 2.24) is 0 Å². The zero-order valence-electron chi connectivity index (χ0n) is 13.9. The van der Waals surface area contributed by atoms with Gasteiger partial charge >= 0.3 is 24.5 Å². The van der Waals surface area contributed by atoms with E-state index in [0.717, 1.165) is 13.8 Å². The lowest BCUT2D eigenvalue weighted by Crippen LogP contribution is -2.73. The number of carbonyl (C=O) groups is 1. The molecule has 0 aromatic rings. The van der Waals surface area contributed by atoms with Crippen LogP contribution in [0.4, 0.5) is 39.5 Å². The maximum Gasteiger partial charge on any atom is 0.430 e. The van der Waals surface area contributed by atoms with Crippen molar-refractivity contribution < 1.29 is 59.3 Å². The third kappa shape index (κ3) is 4.18. The van der Waals surface area contributed by atoms with Gasteiger partial charge in [0, 0.05) is 0 Å². The molecule has 0 fully saturated rings. The summed E-state index contributed by atoms with van der Waals surface area (Å²) in [5.74, 6) is -1.90. The average molecular weight is 408 g/mol. The van der Waals surface area contributed by atoms with Crippen molar-refractivity contribution in [1.29, 1.82) is 0 Å². The number of ether oxygens (including phenoxy) is 1. The van der Waals surface area contributed by atoms with Crippen LogP contribution in [0.15, 0.2) is 0 Å². The molecule has 156 valence electrons. The van der Waals surface area contributed by atoms with Crippen LogP contribution in [0.25, 0.3) is 0 Å². The second-order valence-electron chi connectivity index (χ2n) is 6.43. The normalized spacial score (nSPS) is 18.3. The molecular formula is C13H17F9O4. The first-order valence-electron chi connectivity index (χ1n) is 6.93. The van der Waals surface area contributed by atoms with Gasteiger partial charge < -0.3 is 14.9 Å². The second kappa shape index (κ2) is 6.73. The number of hydrogen-bond acceptors (Lipinski definition) is 4. The molecule has 0 aromatic heterocycles. The van der Waals surface area contributed by atoms with Crippen LogP contribution in [-0.2, 0) is 9.53 Å². The third-order valence-electron chi connectivity index (χ3n) is 3.99. The molecule has 0 aliphatic carbocycles. The summed E-state index contributed by atoms with van der Waals surface area (Å²) in [6.45, 7) is 2.76. The molecular weight excluding hydrogens is 391 g/mol. The maximum atomic E-state index is 13.0. The fraction of sp³-hybridized carbons (Fsp3) is 0.923. The molecule has 2 N–H and O–H groups in total. The molecule has 26 heavy (non-hydrogen) atoms. The molecule has 4 nitrogen and oxygen atoms in total. The molecule has 0 saturated heterocycles. The van der Waals surface area contributed by atoms with E-state index in [1.165, 1.54) is 6.92 Å². The maximum absolute atomic E-state index is 13.0. The zero-order valence-corrected chi connectivity index (χ0v) is 13.9. The average Bonchev–Trinajstić information content (AvgIpc) is 2.39. The molecule has 0 radical (unpaired) electrons. The summed E-state index contributed by atoms with van der Waals surface area (Å²) in [7, 11) is 0. The minimum atomic E-state index is -6.76. The molecule has 0 aromatic carbocycles. The Morgan fingerprint density at radius 3 is 1.42 bits per heavy atom. The smallest absolute Gasteiger partial charge is 0.430 e. The van der Waals surface area contributed by atoms with E-state index in [1.54, 1.807) is 0 Å². The van der Waals surface area contributed by atoms with Gasteiger partial charge in [0.2, 0.25) is 0 Å². The number of rotatable bonds is 5. The van der Waals surface area contributed by atoms with Crippen molar-refractivity contribution in [2.24, 2.45) is 5.41 Å². The van der Waals surface area contributed by atoms with Gasteiger partial charge in [-0.3, -0.25) is 4.79 Å². The van der Waals surface area contributed by atoms with Crippen LogP contribution in [0.2, 0.25) is 0 Å². The van der Waals surface area contributed by atoms with E-state index in [2.05, 4.69) is 4.74 Å². The predicted octanol–water partition coefficient (Wildman–Crippen LogP) is 3.50. The molecule has 0 heterocycles. The van der Waals surface area contributed by atoms with Crippen LogP contribution in [0.3, 0.4) is 0 Å². The standard InChI is InChI=1S/C13H17F9O4/c1-5-8(2,3)7(23)26-6(9(4,24)11(14,15)16)10(25,12(17,18)19)13(20,21)22/h6,24-25H,5H2,1-4H3. The van der Waals surface area contributed by atoms with Crippen LogP contribution in [0.1, 0.15) is 34.1 Å². The Balaban J connectivity index is 6.65. The first kappa shape index (κ1) is 24.8. The van der Waals surface area contributed by atoms with Gasteiger partial charge in [-0.2, -0.15) is 39.5 Å². The number of alkyl halides is 9. The van der Waals surface area contributed by atoms with Gasteiger partial charge in [-0.1, -0.05) is 6.92 Å². The first-order chi connectivity index (χ1) is 11.1. The first-order valence-corrected chi connectivity index (χ1v) is 6.93. The van der Waals surface area contributed by atoms with Crippen LogP contribution >= 0.6 is 0 Å². The van der Waals surface area contributed by atoms with Crippen LogP contribution in [-0.4, -0.2) is 52.0 Å². The number of esters is 1. The lowest BCUT2D eigenvalue weighted by atomic mass is 9.81. The Labute approximate surface area is 141 Å². The number of halogens is 9. The largest absolute Gasteiger partial charge is 0.455 e. The van der Waals surface area contributed by atoms with E-state index in [9.17, 15) is 54.5 Å². The van der Waals surface area contributed by atoms with Gasteiger partial charge in [0.15, 0.2) is 11.7 Å². The highest BCUT2D eigenvalue weighted by Gasteiger charge is 2.81. The molecule has 2 unspecified atom stereocenters. The summed E-state index contributed by atoms with van der Waals surface area (Å²) in [5, 5.41) is 18.6. The van der Waals surface area contributed by atoms with Crippen molar-refractivity contribution in [3.63, 3.8) is 0 Å². The van der Waals surface area contributed by atoms with Gasteiger partial charge in [0.05, 0.1) is 5.41 Å². The van der Waals surface area contributed by atoms with E-state index < -0.39 is 54.1 Å². The van der Waals surface area contributed by atoms with E-state index in [0.29, 0.717) is 0 Å². The molecule has 0 saturated carbocycles. The summed E-state index contributed by atoms with van der Waals surface area (Å²) in [6.07, 6.45) is -24.3. The summed E-state index contributed by atoms with van der Waals surface area (Å²) in [4.78, 5) is 11.8. The third-order valence-corrected chi connectivity index (χ3v) is 3.99. The van der Waals surface area contributed by atoms with Gasteiger partial charge in [-0.05, 0) is 27.2 Å². The van der Waals surface area contributed by atoms with Crippen LogP contribution in [0, 0.1) is 5.41 Å². The van der Waals surface area contributed by atoms with Gasteiger partial charge in [0.1, 0.15) is 0 Å². The van der Waals surface area contributed by atoms with Crippen molar-refractivity contribution in [2.75, 3.05) is 0 Å². The number of aliphatic hydroxyl groups is 2. The highest BCUT2D eigenvalue weighted by Crippen LogP contribution is 2.51. The summed E-state index contributed by atoms with van der Waals surface area (Å²) < 4.78 is 120. The Morgan fingerprint density at radius 1 is 0.846 bits per heavy atom. The summed E-state index contributed by atoms with van der Waals surface area (Å²) in [6, 6.07) is 0. The van der Waals surface area contributed by atoms with Crippen molar-refractivity contribution >= 4 is 5.97 Å². The molecule has 0 bridgehead atoms. The molecule has 13 heteroatoms. The summed E-state index contributed by atoms with van der Waals surface area (Å²) in [5.41, 5.74) is -12.9. The van der Waals surface area contributed by atoms with Gasteiger partial charge in [0.25, 0.3) is 5.60 Å². The molecule has 2 atom stereocenters. The Morgan fingerprint density at radius 2 is 1.19 bits per heavy atom. The predicted molar refractivity (Wildman–Crippen MR) is 67.7 cm³/mol. The Kier molecular flexibility index (Phi) is 6.41. The number of hydrogen-bond donors (Lipinski definition) is 2. The topological polar surface area (TPSA) is 66.8 Å². The fourth-order valence-electron chi connectivity index (χ4n) is 1.62. The highest BCUT2D eigenvalue weighted by molar-refractivity contribution is 5.76. The Bertz CT molecular complexity index is 503. The fourth-order valence-corrected chi connectivity index (χ4v) is 1.62. The zero-order chi connectivity index (χ0) is 21.6. The minimum absolute atomic E-state index is 0.233. The Hall–Kier alpha value is -1.24. The van der Waals surface area contributed by atoms with E-state index >= 15 is 0 Å². The van der Waals surface area contributed by atoms with Crippen LogP contribution < -0.4 is 0 Å². The minimum Gasteiger partial charge on any atom is -0.455 e. The SMILES string of the molecule is CCC(C)(C)C(=O)OC(C(C)(O)C(F)(F)F)C(O)(C(F)(F)F)C(F)(F)F. The molecule has 0 rings (SSSR count). The molecule has 0 amide bonds. The van der Waals surface area contributed by atoms with Crippen LogP contribution in [0.5, 0.6) is 0 Å². The lowest BCUT2D eigenvalue weighted by molar-refractivity contribution is -0.420. The quantitative estimate of drug-likeness (QED) is 0.540. The van der Waals surface area contributed by atoms with Gasteiger partial charge in [-0.15, -0.1) is 0 Å². The van der Waals surface area contributed by atoms with E-state index in [1.807, 2.05) is 0 Å². The monoisotopic (exact) mass is 408 g/mol. The van der Waals surface area contributed by atoms with Crippen molar-refractivity contribution in [3.8, 4) is 0 Å². The van der Waals surface area contributed by atoms with E-state index in [4.69, 9.17) is 0 Å². The highest BCUT2D eigenvalue weighted by atomic mass is 19.4. The van der Waals surface area contributed by atoms with E-state index in [-0.39, 0.29) is 6.42 Å². The summed E-state index contributed by atoms with van der Waals surface area (Å²) >= 11 is 0. The molecule has 0 aliphatic heterocycles. The number of carbonyl (C=O) groups excluding carboxylic acids is 1. The van der Waals surface area contributed by atoms with Crippen molar-refractivity contribution in [2.45, 2.75) is 70.0 Å². The lowest BCUT2D eigenvalue weighted by Gasteiger charge is -2.45. The van der Waals surface area contributed by atoms with Gasteiger partial charge in [-0.25, -0.2) is 0 Å².